The fourth-order valence-corrected chi connectivity index (χ4v) is 5.59. The maximum atomic E-state index is 4.75. The van der Waals surface area contributed by atoms with E-state index in [0.29, 0.717) is 0 Å². The van der Waals surface area contributed by atoms with Crippen molar-refractivity contribution < 1.29 is 0 Å². The average Bonchev–Trinajstić information content (AvgIpc) is 2.90. The van der Waals surface area contributed by atoms with Gasteiger partial charge in [0, 0.05) is 11.8 Å². The Morgan fingerprint density at radius 3 is 2.11 bits per heavy atom. The van der Waals surface area contributed by atoms with E-state index >= 15 is 0 Å². The van der Waals surface area contributed by atoms with Crippen LogP contribution in [0.1, 0.15) is 121 Å². The molecule has 2 aromatic rings. The number of rotatable bonds is 16. The van der Waals surface area contributed by atoms with E-state index in [0.717, 1.165) is 36.8 Å². The summed E-state index contributed by atoms with van der Waals surface area (Å²) in [6, 6.07) is 13.5. The molecule has 0 unspecified atom stereocenters. The number of pyridine rings is 1. The molecule has 1 heterocycles. The Kier molecular flexibility index (Phi) is 13.2. The lowest BCUT2D eigenvalue weighted by Gasteiger charge is -2.26. The highest BCUT2D eigenvalue weighted by Gasteiger charge is 2.18. The van der Waals surface area contributed by atoms with Crippen molar-refractivity contribution in [1.82, 2.24) is 4.98 Å². The molecule has 0 spiro atoms. The molecule has 0 bridgehead atoms. The van der Waals surface area contributed by atoms with Crippen molar-refractivity contribution in [3.05, 3.63) is 65.9 Å². The first-order valence-corrected chi connectivity index (χ1v) is 15.0. The molecule has 0 N–H and O–H groups in total. The third kappa shape index (κ3) is 10.7. The minimum atomic E-state index is 0.829. The second kappa shape index (κ2) is 16.7. The molecule has 35 heavy (non-hydrogen) atoms. The zero-order valence-corrected chi connectivity index (χ0v) is 22.8. The molecule has 0 atom stereocenters. The van der Waals surface area contributed by atoms with Crippen LogP contribution in [-0.2, 0) is 12.8 Å². The minimum Gasteiger partial charge on any atom is -0.256 e. The molecule has 0 radical (unpaired) electrons. The van der Waals surface area contributed by atoms with Crippen LogP contribution < -0.4 is 0 Å². The van der Waals surface area contributed by atoms with E-state index in [2.05, 4.69) is 68.6 Å². The van der Waals surface area contributed by atoms with Gasteiger partial charge in [-0.1, -0.05) is 114 Å². The van der Waals surface area contributed by atoms with Crippen molar-refractivity contribution in [1.29, 1.82) is 0 Å². The van der Waals surface area contributed by atoms with Gasteiger partial charge in [0.1, 0.15) is 0 Å². The van der Waals surface area contributed by atoms with Crippen LogP contribution in [0.15, 0.2) is 54.7 Å². The maximum Gasteiger partial charge on any atom is 0.0702 e. The zero-order valence-electron chi connectivity index (χ0n) is 22.8. The number of hydrogen-bond acceptors (Lipinski definition) is 1. The van der Waals surface area contributed by atoms with Gasteiger partial charge in [-0.2, -0.15) is 0 Å². The fourth-order valence-electron chi connectivity index (χ4n) is 5.59. The second-order valence-corrected chi connectivity index (χ2v) is 11.0. The molecule has 1 aliphatic rings. The number of aromatic nitrogens is 1. The summed E-state index contributed by atoms with van der Waals surface area (Å²) in [7, 11) is 0. The molecule has 0 saturated heterocycles. The second-order valence-electron chi connectivity index (χ2n) is 11.0. The molecule has 1 heteroatoms. The Labute approximate surface area is 216 Å². The molecule has 3 rings (SSSR count). The summed E-state index contributed by atoms with van der Waals surface area (Å²) in [5.41, 5.74) is 5.12. The lowest BCUT2D eigenvalue weighted by Crippen LogP contribution is -2.13. The smallest absolute Gasteiger partial charge is 0.0702 e. The first kappa shape index (κ1) is 27.7. The van der Waals surface area contributed by atoms with Crippen LogP contribution in [0.3, 0.4) is 0 Å². The van der Waals surface area contributed by atoms with Gasteiger partial charge >= 0.3 is 0 Å². The van der Waals surface area contributed by atoms with Gasteiger partial charge in [-0.25, -0.2) is 0 Å². The number of hydrogen-bond donors (Lipinski definition) is 0. The molecule has 1 saturated carbocycles. The summed E-state index contributed by atoms with van der Waals surface area (Å²) in [6.07, 6.45) is 30.0. The topological polar surface area (TPSA) is 12.9 Å². The van der Waals surface area contributed by atoms with Crippen molar-refractivity contribution >= 4 is 0 Å². The predicted octanol–water partition coefficient (Wildman–Crippen LogP) is 10.5. The van der Waals surface area contributed by atoms with Gasteiger partial charge in [0.05, 0.1) is 5.69 Å². The van der Waals surface area contributed by atoms with E-state index < -0.39 is 0 Å². The van der Waals surface area contributed by atoms with Crippen LogP contribution in [0.4, 0.5) is 0 Å². The van der Waals surface area contributed by atoms with Crippen LogP contribution >= 0.6 is 0 Å². The largest absolute Gasteiger partial charge is 0.256 e. The van der Waals surface area contributed by atoms with Crippen LogP contribution in [0.25, 0.3) is 11.3 Å². The molecule has 0 aliphatic heterocycles. The van der Waals surface area contributed by atoms with Crippen molar-refractivity contribution in [3.63, 3.8) is 0 Å². The van der Waals surface area contributed by atoms with Gasteiger partial charge in [0.15, 0.2) is 0 Å². The van der Waals surface area contributed by atoms with Gasteiger partial charge in [-0.3, -0.25) is 4.98 Å². The number of aryl methyl sites for hydroxylation is 2. The lowest BCUT2D eigenvalue weighted by atomic mass is 9.79. The number of unbranched alkanes of at least 4 members (excludes halogenated alkanes) is 7. The van der Waals surface area contributed by atoms with Crippen LogP contribution in [0.2, 0.25) is 0 Å². The van der Waals surface area contributed by atoms with Crippen molar-refractivity contribution in [2.24, 2.45) is 11.8 Å². The van der Waals surface area contributed by atoms with Gasteiger partial charge in [0.25, 0.3) is 0 Å². The summed E-state index contributed by atoms with van der Waals surface area (Å²) >= 11 is 0. The molecule has 192 valence electrons. The summed E-state index contributed by atoms with van der Waals surface area (Å²) in [6.45, 7) is 4.59. The normalized spacial score (nSPS) is 18.3. The Balaban J connectivity index is 1.33. The summed E-state index contributed by atoms with van der Waals surface area (Å²) in [4.78, 5) is 4.75. The van der Waals surface area contributed by atoms with Crippen molar-refractivity contribution in [2.75, 3.05) is 0 Å². The highest BCUT2D eigenvalue weighted by atomic mass is 14.7. The predicted molar refractivity (Wildman–Crippen MR) is 154 cm³/mol. The SMILES string of the molecule is CCCCCCCCc1ccc(-c2ccc(CC/C=C/C3CCC(CCCCC)CC3)cc2)nc1. The third-order valence-electron chi connectivity index (χ3n) is 8.01. The van der Waals surface area contributed by atoms with Gasteiger partial charge in [-0.15, -0.1) is 0 Å². The molecule has 1 nitrogen and oxygen atoms in total. The van der Waals surface area contributed by atoms with E-state index in [4.69, 9.17) is 4.98 Å². The third-order valence-corrected chi connectivity index (χ3v) is 8.01. The quantitative estimate of drug-likeness (QED) is 0.174. The molecule has 1 aromatic heterocycles. The van der Waals surface area contributed by atoms with E-state index in [-0.39, 0.29) is 0 Å². The van der Waals surface area contributed by atoms with Gasteiger partial charge in [0.2, 0.25) is 0 Å². The molecular formula is C34H51N. The monoisotopic (exact) mass is 473 g/mol. The van der Waals surface area contributed by atoms with E-state index in [1.165, 1.54) is 107 Å². The summed E-state index contributed by atoms with van der Waals surface area (Å²) in [5.74, 6) is 1.84. The Morgan fingerprint density at radius 1 is 0.714 bits per heavy atom. The molecule has 0 amide bonds. The molecular weight excluding hydrogens is 422 g/mol. The maximum absolute atomic E-state index is 4.75. The Bertz CT molecular complexity index is 809. The first-order valence-electron chi connectivity index (χ1n) is 15.0. The van der Waals surface area contributed by atoms with Gasteiger partial charge < -0.3 is 0 Å². The summed E-state index contributed by atoms with van der Waals surface area (Å²) in [5, 5.41) is 0. The van der Waals surface area contributed by atoms with E-state index in [1.807, 2.05) is 0 Å². The fraction of sp³-hybridized carbons (Fsp3) is 0.618. The van der Waals surface area contributed by atoms with Crippen LogP contribution in [0, 0.1) is 11.8 Å². The lowest BCUT2D eigenvalue weighted by molar-refractivity contribution is 0.289. The average molecular weight is 474 g/mol. The van der Waals surface area contributed by atoms with Crippen LogP contribution in [0.5, 0.6) is 0 Å². The van der Waals surface area contributed by atoms with Crippen molar-refractivity contribution in [3.8, 4) is 11.3 Å². The van der Waals surface area contributed by atoms with E-state index in [1.54, 1.807) is 0 Å². The molecule has 1 aromatic carbocycles. The van der Waals surface area contributed by atoms with E-state index in [9.17, 15) is 0 Å². The highest BCUT2D eigenvalue weighted by Crippen LogP contribution is 2.32. The first-order chi connectivity index (χ1) is 17.3. The highest BCUT2D eigenvalue weighted by molar-refractivity contribution is 5.59. The summed E-state index contributed by atoms with van der Waals surface area (Å²) < 4.78 is 0. The Morgan fingerprint density at radius 2 is 1.40 bits per heavy atom. The number of nitrogens with zero attached hydrogens (tertiary/aromatic N) is 1. The number of allylic oxidation sites excluding steroid dienone is 2. The standard InChI is InChI=1S/C34H51N/c1-3-5-7-8-9-11-17-32-24-27-34(35-28-32)33-25-22-31(23-26-33)16-13-12-15-30-20-18-29(19-21-30)14-10-6-4-2/h12,15,22-30H,3-11,13-14,16-21H2,1-2H3/b15-12+. The van der Waals surface area contributed by atoms with Crippen molar-refractivity contribution in [2.45, 2.75) is 123 Å². The van der Waals surface area contributed by atoms with Crippen LogP contribution in [-0.4, -0.2) is 4.98 Å². The van der Waals surface area contributed by atoms with Gasteiger partial charge in [-0.05, 0) is 80.4 Å². The minimum absolute atomic E-state index is 0.829. The Hall–Kier alpha value is -1.89. The molecule has 1 fully saturated rings. The zero-order chi connectivity index (χ0) is 24.6. The number of benzene rings is 1. The molecule has 1 aliphatic carbocycles.